The molecule has 30 heavy (non-hydrogen) atoms. The Hall–Kier alpha value is -3.04. The van der Waals surface area contributed by atoms with Gasteiger partial charge in [-0.2, -0.15) is 0 Å². The summed E-state index contributed by atoms with van der Waals surface area (Å²) in [6, 6.07) is 11.7. The van der Waals surface area contributed by atoms with E-state index in [1.54, 1.807) is 11.4 Å². The monoisotopic (exact) mass is 446 g/mol. The van der Waals surface area contributed by atoms with Gasteiger partial charge in [-0.05, 0) is 36.1 Å². The molecule has 3 aromatic rings. The number of carbonyl (C=O) groups is 1. The standard InChI is InChI=1S/C21H16F2N2O3S2/c1-13-2-4-14(5-3-13)12-25-18-8-9-29-21(18)20(26)19(30(25,27)28)11-24-17-10-15(22)6-7-16(17)23/h2-11,24H,12H2,1H3/b19-11-. The number of carbonyl (C=O) groups excluding carboxylic acids is 1. The van der Waals surface area contributed by atoms with E-state index in [2.05, 4.69) is 5.32 Å². The van der Waals surface area contributed by atoms with Crippen molar-refractivity contribution in [3.8, 4) is 0 Å². The average molecular weight is 447 g/mol. The Bertz CT molecular complexity index is 1270. The SMILES string of the molecule is Cc1ccc(CN2c3ccsc3C(=O)/C(=C/Nc3cc(F)ccc3F)S2(=O)=O)cc1. The lowest BCUT2D eigenvalue weighted by atomic mass is 10.1. The quantitative estimate of drug-likeness (QED) is 0.584. The summed E-state index contributed by atoms with van der Waals surface area (Å²) in [7, 11) is -4.23. The van der Waals surface area contributed by atoms with Crippen LogP contribution in [0.5, 0.6) is 0 Å². The number of allylic oxidation sites excluding steroid dienone is 1. The number of ketones is 1. The van der Waals surface area contributed by atoms with Crippen LogP contribution in [0.1, 0.15) is 20.8 Å². The number of anilines is 2. The minimum Gasteiger partial charge on any atom is -0.358 e. The Morgan fingerprint density at radius 1 is 1.10 bits per heavy atom. The molecular formula is C21H16F2N2O3S2. The number of hydrogen-bond acceptors (Lipinski definition) is 5. The first-order chi connectivity index (χ1) is 14.3. The number of Topliss-reactive ketones (excluding diaryl/α,β-unsaturated/α-hetero) is 1. The second-order valence-electron chi connectivity index (χ2n) is 6.74. The van der Waals surface area contributed by atoms with Crippen LogP contribution in [0.3, 0.4) is 0 Å². The van der Waals surface area contributed by atoms with E-state index < -0.39 is 32.3 Å². The lowest BCUT2D eigenvalue weighted by Gasteiger charge is -2.29. The summed E-state index contributed by atoms with van der Waals surface area (Å²) in [4.78, 5) is 12.6. The van der Waals surface area contributed by atoms with Crippen molar-refractivity contribution in [1.29, 1.82) is 0 Å². The number of nitrogens with one attached hydrogen (secondary N) is 1. The molecule has 5 nitrogen and oxygen atoms in total. The van der Waals surface area contributed by atoms with Crippen molar-refractivity contribution in [2.45, 2.75) is 13.5 Å². The van der Waals surface area contributed by atoms with Gasteiger partial charge in [-0.15, -0.1) is 11.3 Å². The van der Waals surface area contributed by atoms with E-state index >= 15 is 0 Å². The summed E-state index contributed by atoms with van der Waals surface area (Å²) in [6.45, 7) is 1.96. The second kappa shape index (κ2) is 7.66. The molecule has 1 aliphatic heterocycles. The van der Waals surface area contributed by atoms with E-state index in [0.29, 0.717) is 5.69 Å². The molecule has 2 aromatic carbocycles. The Kier molecular flexibility index (Phi) is 5.17. The van der Waals surface area contributed by atoms with Crippen LogP contribution in [-0.2, 0) is 16.6 Å². The molecule has 1 aliphatic rings. The third kappa shape index (κ3) is 3.61. The van der Waals surface area contributed by atoms with Gasteiger partial charge in [-0.3, -0.25) is 9.10 Å². The molecule has 154 valence electrons. The number of hydrogen-bond donors (Lipinski definition) is 1. The Morgan fingerprint density at radius 3 is 2.57 bits per heavy atom. The zero-order valence-electron chi connectivity index (χ0n) is 15.7. The topological polar surface area (TPSA) is 66.5 Å². The molecule has 0 radical (unpaired) electrons. The van der Waals surface area contributed by atoms with Crippen molar-refractivity contribution < 1.29 is 22.0 Å². The minimum absolute atomic E-state index is 0.0330. The van der Waals surface area contributed by atoms with Gasteiger partial charge in [-0.1, -0.05) is 29.8 Å². The summed E-state index contributed by atoms with van der Waals surface area (Å²) >= 11 is 1.12. The maximum Gasteiger partial charge on any atom is 0.270 e. The molecule has 0 aliphatic carbocycles. The number of halogens is 2. The molecule has 1 N–H and O–H groups in total. The van der Waals surface area contributed by atoms with Crippen LogP contribution in [0.2, 0.25) is 0 Å². The van der Waals surface area contributed by atoms with Crippen molar-refractivity contribution >= 4 is 38.5 Å². The van der Waals surface area contributed by atoms with Crippen molar-refractivity contribution in [3.63, 3.8) is 0 Å². The smallest absolute Gasteiger partial charge is 0.270 e. The summed E-state index contributed by atoms with van der Waals surface area (Å²) in [5.41, 5.74) is 1.82. The highest BCUT2D eigenvalue weighted by molar-refractivity contribution is 7.97. The number of thiophene rings is 1. The minimum atomic E-state index is -4.23. The van der Waals surface area contributed by atoms with Gasteiger partial charge in [0.05, 0.1) is 17.9 Å². The van der Waals surface area contributed by atoms with E-state index in [1.807, 2.05) is 31.2 Å². The van der Waals surface area contributed by atoms with Crippen molar-refractivity contribution in [2.75, 3.05) is 9.62 Å². The predicted molar refractivity (Wildman–Crippen MR) is 113 cm³/mol. The maximum atomic E-state index is 13.9. The third-order valence-corrected chi connectivity index (χ3v) is 7.31. The Morgan fingerprint density at radius 2 is 1.83 bits per heavy atom. The summed E-state index contributed by atoms with van der Waals surface area (Å²) in [6.07, 6.45) is 0.917. The number of nitrogens with zero attached hydrogens (tertiary/aromatic N) is 1. The van der Waals surface area contributed by atoms with Crippen LogP contribution in [-0.4, -0.2) is 14.2 Å². The lowest BCUT2D eigenvalue weighted by Crippen LogP contribution is -2.38. The molecule has 9 heteroatoms. The van der Waals surface area contributed by atoms with Crippen molar-refractivity contribution in [1.82, 2.24) is 0 Å². The van der Waals surface area contributed by atoms with E-state index in [1.165, 1.54) is 0 Å². The predicted octanol–water partition coefficient (Wildman–Crippen LogP) is 4.82. The molecule has 4 rings (SSSR count). The number of sulfonamides is 1. The van der Waals surface area contributed by atoms with Gasteiger partial charge in [0, 0.05) is 12.3 Å². The molecule has 0 fully saturated rings. The van der Waals surface area contributed by atoms with Gasteiger partial charge in [-0.25, -0.2) is 17.2 Å². The lowest BCUT2D eigenvalue weighted by molar-refractivity contribution is 0.104. The first-order valence-corrected chi connectivity index (χ1v) is 11.2. The number of aryl methyl sites for hydroxylation is 1. The van der Waals surface area contributed by atoms with E-state index in [0.717, 1.165) is 51.2 Å². The first-order valence-electron chi connectivity index (χ1n) is 8.89. The molecule has 0 amide bonds. The number of benzene rings is 2. The van der Waals surface area contributed by atoms with Crippen molar-refractivity contribution in [2.24, 2.45) is 0 Å². The van der Waals surface area contributed by atoms with Crippen molar-refractivity contribution in [3.05, 3.63) is 92.7 Å². The highest BCUT2D eigenvalue weighted by Gasteiger charge is 2.41. The van der Waals surface area contributed by atoms with Crippen LogP contribution >= 0.6 is 11.3 Å². The second-order valence-corrected chi connectivity index (χ2v) is 9.49. The van der Waals surface area contributed by atoms with Gasteiger partial charge in [0.2, 0.25) is 5.78 Å². The average Bonchev–Trinajstić information content (AvgIpc) is 3.18. The van der Waals surface area contributed by atoms with Gasteiger partial charge in [0.25, 0.3) is 10.0 Å². The zero-order chi connectivity index (χ0) is 21.5. The summed E-state index contributed by atoms with van der Waals surface area (Å²) in [5.74, 6) is -2.16. The van der Waals surface area contributed by atoms with E-state index in [4.69, 9.17) is 0 Å². The molecular weight excluding hydrogens is 430 g/mol. The Balaban J connectivity index is 1.75. The highest BCUT2D eigenvalue weighted by atomic mass is 32.2. The van der Waals surface area contributed by atoms with Crippen LogP contribution in [0.4, 0.5) is 20.2 Å². The van der Waals surface area contributed by atoms with Gasteiger partial charge in [0.1, 0.15) is 16.5 Å². The third-order valence-electron chi connectivity index (χ3n) is 4.65. The van der Waals surface area contributed by atoms with Gasteiger partial charge >= 0.3 is 0 Å². The maximum absolute atomic E-state index is 13.9. The van der Waals surface area contributed by atoms with Crippen LogP contribution in [0, 0.1) is 18.6 Å². The molecule has 0 spiro atoms. The number of rotatable bonds is 4. The molecule has 0 saturated carbocycles. The summed E-state index contributed by atoms with van der Waals surface area (Å²) in [5, 5.41) is 4.07. The first kappa shape index (κ1) is 20.2. The molecule has 0 saturated heterocycles. The normalized spacial score (nSPS) is 16.6. The zero-order valence-corrected chi connectivity index (χ0v) is 17.4. The molecule has 1 aromatic heterocycles. The molecule has 2 heterocycles. The highest BCUT2D eigenvalue weighted by Crippen LogP contribution is 2.39. The fraction of sp³-hybridized carbons (Fsp3) is 0.0952. The fourth-order valence-electron chi connectivity index (χ4n) is 3.07. The van der Waals surface area contributed by atoms with Gasteiger partial charge < -0.3 is 5.32 Å². The number of fused-ring (bicyclic) bond motifs is 1. The fourth-order valence-corrected chi connectivity index (χ4v) is 5.55. The van der Waals surface area contributed by atoms with Crippen LogP contribution in [0.25, 0.3) is 0 Å². The molecule has 0 atom stereocenters. The van der Waals surface area contributed by atoms with E-state index in [9.17, 15) is 22.0 Å². The Labute approximate surface area is 176 Å². The largest absolute Gasteiger partial charge is 0.358 e. The van der Waals surface area contributed by atoms with Crippen LogP contribution in [0.15, 0.2) is 65.0 Å². The summed E-state index contributed by atoms with van der Waals surface area (Å²) < 4.78 is 55.0. The van der Waals surface area contributed by atoms with Crippen LogP contribution < -0.4 is 9.62 Å². The molecule has 0 unspecified atom stereocenters. The van der Waals surface area contributed by atoms with E-state index in [-0.39, 0.29) is 17.1 Å². The molecule has 0 bridgehead atoms. The van der Waals surface area contributed by atoms with Gasteiger partial charge in [0.15, 0.2) is 4.91 Å².